The highest BCUT2D eigenvalue weighted by Gasteiger charge is 2.19. The third-order valence-electron chi connectivity index (χ3n) is 4.69. The predicted octanol–water partition coefficient (Wildman–Crippen LogP) is 4.05. The second-order valence-corrected chi connectivity index (χ2v) is 6.61. The van der Waals surface area contributed by atoms with Gasteiger partial charge < -0.3 is 18.9 Å². The molecule has 0 saturated heterocycles. The number of methoxy groups -OCH3 is 1. The lowest BCUT2D eigenvalue weighted by atomic mass is 10.1. The maximum absolute atomic E-state index is 12.6. The van der Waals surface area contributed by atoms with Crippen LogP contribution >= 0.6 is 0 Å². The van der Waals surface area contributed by atoms with Crippen molar-refractivity contribution >= 4 is 22.5 Å². The summed E-state index contributed by atoms with van der Waals surface area (Å²) in [6, 6.07) is 16.1. The highest BCUT2D eigenvalue weighted by molar-refractivity contribution is 6.02. The molecule has 0 N–H and O–H groups in total. The molecule has 0 atom stereocenters. The van der Waals surface area contributed by atoms with Crippen molar-refractivity contribution in [2.45, 2.75) is 6.42 Å². The van der Waals surface area contributed by atoms with Gasteiger partial charge in [0.25, 0.3) is 0 Å². The van der Waals surface area contributed by atoms with Gasteiger partial charge in [0.05, 0.1) is 20.3 Å². The summed E-state index contributed by atoms with van der Waals surface area (Å²) in [7, 11) is 1.49. The van der Waals surface area contributed by atoms with Crippen molar-refractivity contribution in [1.82, 2.24) is 0 Å². The lowest BCUT2D eigenvalue weighted by Gasteiger charge is -2.11. The molecule has 0 radical (unpaired) electrons. The fourth-order valence-corrected chi connectivity index (χ4v) is 3.18. The summed E-state index contributed by atoms with van der Waals surface area (Å²) >= 11 is 0. The van der Waals surface area contributed by atoms with E-state index in [4.69, 9.17) is 18.9 Å². The summed E-state index contributed by atoms with van der Waals surface area (Å²) in [4.78, 5) is 25.1. The highest BCUT2D eigenvalue weighted by Crippen LogP contribution is 2.31. The number of hydrogen-bond acceptors (Lipinski definition) is 6. The molecule has 1 heterocycles. The second kappa shape index (κ2) is 8.22. The molecule has 3 aromatic carbocycles. The minimum atomic E-state index is -0.615. The predicted molar refractivity (Wildman–Crippen MR) is 107 cm³/mol. The van der Waals surface area contributed by atoms with Crippen LogP contribution in [0.15, 0.2) is 54.6 Å². The Hall–Kier alpha value is -3.54. The fraction of sp³-hybridized carbons (Fsp3) is 0.217. The van der Waals surface area contributed by atoms with Crippen LogP contribution in [0.4, 0.5) is 0 Å². The maximum atomic E-state index is 12.6. The van der Waals surface area contributed by atoms with Crippen LogP contribution in [0.2, 0.25) is 0 Å². The molecule has 3 aromatic rings. The van der Waals surface area contributed by atoms with Crippen molar-refractivity contribution in [1.29, 1.82) is 0 Å². The molecular formula is C23H20O6. The third kappa shape index (κ3) is 4.01. The van der Waals surface area contributed by atoms with Gasteiger partial charge in [-0.2, -0.15) is 0 Å². The molecule has 0 unspecified atom stereocenters. The first-order valence-electron chi connectivity index (χ1n) is 9.32. The summed E-state index contributed by atoms with van der Waals surface area (Å²) < 4.78 is 21.8. The topological polar surface area (TPSA) is 71.1 Å². The van der Waals surface area contributed by atoms with E-state index in [2.05, 4.69) is 0 Å². The van der Waals surface area contributed by atoms with E-state index in [9.17, 15) is 9.59 Å². The summed E-state index contributed by atoms with van der Waals surface area (Å²) in [6.07, 6.45) is 0.781. The third-order valence-corrected chi connectivity index (χ3v) is 4.69. The summed E-state index contributed by atoms with van der Waals surface area (Å²) in [5.41, 5.74) is 0.671. The van der Waals surface area contributed by atoms with Crippen molar-refractivity contribution in [3.63, 3.8) is 0 Å². The number of ketones is 1. The van der Waals surface area contributed by atoms with Gasteiger partial charge in [-0.15, -0.1) is 0 Å². The van der Waals surface area contributed by atoms with Crippen LogP contribution in [0.1, 0.15) is 27.1 Å². The van der Waals surface area contributed by atoms with Crippen LogP contribution < -0.4 is 14.2 Å². The number of hydrogen-bond donors (Lipinski definition) is 0. The quantitative estimate of drug-likeness (QED) is 0.482. The highest BCUT2D eigenvalue weighted by atomic mass is 16.5. The minimum Gasteiger partial charge on any atom is -0.496 e. The Morgan fingerprint density at radius 3 is 2.41 bits per heavy atom. The molecule has 4 rings (SSSR count). The van der Waals surface area contributed by atoms with Crippen molar-refractivity contribution < 1.29 is 28.5 Å². The summed E-state index contributed by atoms with van der Waals surface area (Å²) in [5.74, 6) is 0.591. The van der Waals surface area contributed by atoms with E-state index in [0.717, 1.165) is 17.2 Å². The Balaban J connectivity index is 1.49. The van der Waals surface area contributed by atoms with E-state index < -0.39 is 5.97 Å². The number of ether oxygens (including phenoxy) is 4. The number of rotatable bonds is 5. The molecular weight excluding hydrogens is 372 g/mol. The zero-order valence-electron chi connectivity index (χ0n) is 16.0. The first kappa shape index (κ1) is 18.8. The molecule has 0 bridgehead atoms. The lowest BCUT2D eigenvalue weighted by Crippen LogP contribution is -2.15. The second-order valence-electron chi connectivity index (χ2n) is 6.61. The zero-order chi connectivity index (χ0) is 20.2. The van der Waals surface area contributed by atoms with Gasteiger partial charge in [0.2, 0.25) is 0 Å². The van der Waals surface area contributed by atoms with Crippen LogP contribution in [-0.2, 0) is 4.74 Å². The van der Waals surface area contributed by atoms with Crippen LogP contribution in [0.3, 0.4) is 0 Å². The molecule has 148 valence electrons. The molecule has 6 heteroatoms. The number of esters is 1. The average molecular weight is 392 g/mol. The van der Waals surface area contributed by atoms with Crippen LogP contribution in [0.5, 0.6) is 17.2 Å². The molecule has 0 aromatic heterocycles. The van der Waals surface area contributed by atoms with Gasteiger partial charge in [-0.25, -0.2) is 4.79 Å². The van der Waals surface area contributed by atoms with E-state index in [0.29, 0.717) is 36.0 Å². The smallest absolute Gasteiger partial charge is 0.342 e. The van der Waals surface area contributed by atoms with Gasteiger partial charge in [0.15, 0.2) is 23.9 Å². The molecule has 0 amide bonds. The van der Waals surface area contributed by atoms with E-state index in [-0.39, 0.29) is 18.0 Å². The van der Waals surface area contributed by atoms with Gasteiger partial charge in [0.1, 0.15) is 11.3 Å². The molecule has 0 spiro atoms. The number of carbonyl (C=O) groups excluding carboxylic acids is 2. The van der Waals surface area contributed by atoms with Gasteiger partial charge in [-0.05, 0) is 41.1 Å². The molecule has 1 aliphatic rings. The summed E-state index contributed by atoms with van der Waals surface area (Å²) in [6.45, 7) is 0.724. The van der Waals surface area contributed by atoms with Crippen molar-refractivity contribution in [2.24, 2.45) is 0 Å². The van der Waals surface area contributed by atoms with E-state index in [1.54, 1.807) is 30.3 Å². The molecule has 1 aliphatic heterocycles. The largest absolute Gasteiger partial charge is 0.496 e. The molecule has 0 aliphatic carbocycles. The monoisotopic (exact) mass is 392 g/mol. The average Bonchev–Trinajstić information content (AvgIpc) is 3.01. The van der Waals surface area contributed by atoms with Crippen LogP contribution in [0, 0.1) is 0 Å². The Morgan fingerprint density at radius 2 is 1.66 bits per heavy atom. The first-order chi connectivity index (χ1) is 14.2. The first-order valence-corrected chi connectivity index (χ1v) is 9.32. The lowest BCUT2D eigenvalue weighted by molar-refractivity contribution is 0.0471. The van der Waals surface area contributed by atoms with Crippen LogP contribution in [-0.4, -0.2) is 38.7 Å². The minimum absolute atomic E-state index is 0.276. The van der Waals surface area contributed by atoms with Gasteiger partial charge in [0, 0.05) is 12.0 Å². The fourth-order valence-electron chi connectivity index (χ4n) is 3.18. The van der Waals surface area contributed by atoms with Crippen molar-refractivity contribution in [3.8, 4) is 17.2 Å². The Morgan fingerprint density at radius 1 is 0.931 bits per heavy atom. The maximum Gasteiger partial charge on any atom is 0.342 e. The van der Waals surface area contributed by atoms with Gasteiger partial charge in [-0.3, -0.25) is 4.79 Å². The number of benzene rings is 3. The zero-order valence-corrected chi connectivity index (χ0v) is 16.0. The van der Waals surface area contributed by atoms with Crippen molar-refractivity contribution in [3.05, 3.63) is 65.7 Å². The van der Waals surface area contributed by atoms with E-state index in [1.165, 1.54) is 7.11 Å². The molecule has 0 saturated carbocycles. The number of carbonyl (C=O) groups is 2. The molecule has 6 nitrogen and oxygen atoms in total. The van der Waals surface area contributed by atoms with Gasteiger partial charge >= 0.3 is 5.97 Å². The normalized spacial score (nSPS) is 12.9. The molecule has 29 heavy (non-hydrogen) atoms. The standard InChI is InChI=1S/C23H20O6/c1-26-21-12-16-6-3-2-5-15(16)11-18(21)23(25)29-14-19(24)17-7-8-20-22(13-17)28-10-4-9-27-20/h2-3,5-8,11-13H,4,9-10,14H2,1H3. The van der Waals surface area contributed by atoms with Gasteiger partial charge in [-0.1, -0.05) is 24.3 Å². The SMILES string of the molecule is COc1cc2ccccc2cc1C(=O)OCC(=O)c1ccc2c(c1)OCCCO2. The summed E-state index contributed by atoms with van der Waals surface area (Å²) in [5, 5.41) is 1.83. The molecule has 0 fully saturated rings. The van der Waals surface area contributed by atoms with Crippen LogP contribution in [0.25, 0.3) is 10.8 Å². The van der Waals surface area contributed by atoms with E-state index >= 15 is 0 Å². The number of Topliss-reactive ketones (excluding diaryl/α,β-unsaturated/α-hetero) is 1. The number of fused-ring (bicyclic) bond motifs is 2. The Kier molecular flexibility index (Phi) is 5.33. The van der Waals surface area contributed by atoms with E-state index in [1.807, 2.05) is 24.3 Å². The Labute approximate surface area is 167 Å². The Bertz CT molecular complexity index is 1070. The van der Waals surface area contributed by atoms with Crippen molar-refractivity contribution in [2.75, 3.05) is 26.9 Å².